The molecule has 0 atom stereocenters. The second kappa shape index (κ2) is 6.72. The summed E-state index contributed by atoms with van der Waals surface area (Å²) in [6.07, 6.45) is 0. The third-order valence-electron chi connectivity index (χ3n) is 4.16. The lowest BCUT2D eigenvalue weighted by Crippen LogP contribution is -1.81. The van der Waals surface area contributed by atoms with Crippen molar-refractivity contribution < 1.29 is 9.84 Å². The Morgan fingerprint density at radius 3 is 2.54 bits per heavy atom. The Morgan fingerprint density at radius 2 is 1.69 bits per heavy atom. The molecule has 0 bridgehead atoms. The summed E-state index contributed by atoms with van der Waals surface area (Å²) in [7, 11) is 1.60. The highest BCUT2D eigenvalue weighted by Gasteiger charge is 2.09. The van der Waals surface area contributed by atoms with Gasteiger partial charge in [0, 0.05) is 16.5 Å². The largest absolute Gasteiger partial charge is 0.507 e. The van der Waals surface area contributed by atoms with E-state index < -0.39 is 0 Å². The third-order valence-corrected chi connectivity index (χ3v) is 4.16. The van der Waals surface area contributed by atoms with Crippen molar-refractivity contribution in [3.05, 3.63) is 72.8 Å². The van der Waals surface area contributed by atoms with Crippen LogP contribution in [0.4, 0.5) is 11.4 Å². The monoisotopic (exact) mass is 343 g/mol. The van der Waals surface area contributed by atoms with Crippen LogP contribution in [0.15, 0.2) is 83.0 Å². The molecule has 0 radical (unpaired) electrons. The molecule has 0 fully saturated rings. The first-order valence-corrected chi connectivity index (χ1v) is 8.20. The highest BCUT2D eigenvalue weighted by Crippen LogP contribution is 2.35. The minimum atomic E-state index is 0.188. The first-order chi connectivity index (χ1) is 12.7. The maximum absolute atomic E-state index is 10.3. The van der Waals surface area contributed by atoms with E-state index in [0.29, 0.717) is 22.7 Å². The summed E-state index contributed by atoms with van der Waals surface area (Å²) in [5.41, 5.74) is 3.82. The number of hydrogen-bond acceptors (Lipinski definition) is 4. The molecule has 0 aliphatic heterocycles. The lowest BCUT2D eigenvalue weighted by Gasteiger charge is -2.04. The van der Waals surface area contributed by atoms with Crippen molar-refractivity contribution in [2.45, 2.75) is 0 Å². The molecular weight excluding hydrogens is 326 g/mol. The molecule has 26 heavy (non-hydrogen) atoms. The fourth-order valence-corrected chi connectivity index (χ4v) is 2.84. The molecule has 0 aliphatic rings. The Labute approximate surface area is 150 Å². The van der Waals surface area contributed by atoms with Crippen molar-refractivity contribution in [1.82, 2.24) is 4.98 Å². The smallest absolute Gasteiger partial charge is 0.146 e. The topological polar surface area (TPSA) is 70.0 Å². The van der Waals surface area contributed by atoms with Gasteiger partial charge in [0.25, 0.3) is 0 Å². The zero-order valence-corrected chi connectivity index (χ0v) is 14.2. The van der Waals surface area contributed by atoms with Gasteiger partial charge in [0.1, 0.15) is 17.2 Å². The Balaban J connectivity index is 1.71. The van der Waals surface area contributed by atoms with Gasteiger partial charge >= 0.3 is 0 Å². The van der Waals surface area contributed by atoms with Crippen LogP contribution in [0.1, 0.15) is 0 Å². The number of azo groups is 1. The van der Waals surface area contributed by atoms with E-state index in [2.05, 4.69) is 15.2 Å². The number of phenolic OH excluding ortho intramolecular Hbond substituents is 1. The summed E-state index contributed by atoms with van der Waals surface area (Å²) in [5.74, 6) is 0.846. The van der Waals surface area contributed by atoms with Gasteiger partial charge in [-0.3, -0.25) is 0 Å². The number of phenols is 1. The number of benzene rings is 3. The Bertz CT molecular complexity index is 1070. The second-order valence-corrected chi connectivity index (χ2v) is 5.84. The van der Waals surface area contributed by atoms with E-state index in [-0.39, 0.29) is 5.75 Å². The first-order valence-electron chi connectivity index (χ1n) is 8.20. The minimum absolute atomic E-state index is 0.188. The molecular formula is C21H17N3O2. The van der Waals surface area contributed by atoms with Gasteiger partial charge in [0.15, 0.2) is 0 Å². The van der Waals surface area contributed by atoms with Crippen molar-refractivity contribution in [2.24, 2.45) is 10.2 Å². The summed E-state index contributed by atoms with van der Waals surface area (Å²) in [5, 5.41) is 19.9. The Morgan fingerprint density at radius 1 is 0.885 bits per heavy atom. The van der Waals surface area contributed by atoms with E-state index in [1.165, 1.54) is 0 Å². The number of aromatic nitrogens is 1. The number of aromatic hydroxyl groups is 1. The van der Waals surface area contributed by atoms with E-state index >= 15 is 0 Å². The van der Waals surface area contributed by atoms with Gasteiger partial charge < -0.3 is 14.8 Å². The molecule has 1 heterocycles. The summed E-state index contributed by atoms with van der Waals surface area (Å²) in [6.45, 7) is 0. The molecule has 0 amide bonds. The summed E-state index contributed by atoms with van der Waals surface area (Å²) in [6, 6.07) is 22.6. The third kappa shape index (κ3) is 3.02. The van der Waals surface area contributed by atoms with Crippen LogP contribution in [0, 0.1) is 0 Å². The number of ether oxygens (including phenoxy) is 1. The molecule has 128 valence electrons. The molecule has 0 saturated carbocycles. The van der Waals surface area contributed by atoms with Crippen LogP contribution in [0.3, 0.4) is 0 Å². The van der Waals surface area contributed by atoms with Crippen LogP contribution < -0.4 is 4.74 Å². The fraction of sp³-hybridized carbons (Fsp3) is 0.0476. The van der Waals surface area contributed by atoms with Crippen molar-refractivity contribution in [2.75, 3.05) is 7.11 Å². The molecule has 3 aromatic carbocycles. The number of hydrogen-bond donors (Lipinski definition) is 2. The average molecular weight is 343 g/mol. The van der Waals surface area contributed by atoms with Gasteiger partial charge in [-0.25, -0.2) is 0 Å². The Hall–Kier alpha value is -3.60. The Kier molecular flexibility index (Phi) is 4.11. The van der Waals surface area contributed by atoms with Gasteiger partial charge in [-0.2, -0.15) is 5.11 Å². The zero-order chi connectivity index (χ0) is 17.9. The minimum Gasteiger partial charge on any atom is -0.507 e. The van der Waals surface area contributed by atoms with Gasteiger partial charge in [0.2, 0.25) is 0 Å². The number of H-pyrrole nitrogens is 1. The summed E-state index contributed by atoms with van der Waals surface area (Å²) >= 11 is 0. The molecule has 0 aliphatic carbocycles. The number of nitrogens with one attached hydrogen (secondary N) is 1. The fourth-order valence-electron chi connectivity index (χ4n) is 2.84. The van der Waals surface area contributed by atoms with Crippen molar-refractivity contribution in [3.8, 4) is 22.8 Å². The van der Waals surface area contributed by atoms with Gasteiger partial charge in [-0.15, -0.1) is 5.11 Å². The van der Waals surface area contributed by atoms with Crippen molar-refractivity contribution in [1.29, 1.82) is 0 Å². The molecule has 2 N–H and O–H groups in total. The van der Waals surface area contributed by atoms with Crippen molar-refractivity contribution >= 4 is 22.3 Å². The number of rotatable bonds is 4. The van der Waals surface area contributed by atoms with Crippen LogP contribution >= 0.6 is 0 Å². The molecule has 0 unspecified atom stereocenters. The van der Waals surface area contributed by atoms with Crippen LogP contribution in [-0.4, -0.2) is 17.2 Å². The molecule has 4 rings (SSSR count). The first kappa shape index (κ1) is 15.9. The predicted octanol–water partition coefficient (Wildman–Crippen LogP) is 5.96. The molecule has 0 saturated heterocycles. The molecule has 0 spiro atoms. The van der Waals surface area contributed by atoms with Gasteiger partial charge in [-0.05, 0) is 42.5 Å². The molecule has 1 aromatic heterocycles. The standard InChI is InChI=1S/C21H17N3O2/c1-26-21-9-5-4-8-18(21)24-23-15-10-11-20(25)16(13-15)19-12-14-6-2-3-7-17(14)22-19/h2-13,22,25H,1H3. The van der Waals surface area contributed by atoms with E-state index in [1.54, 1.807) is 25.3 Å². The van der Waals surface area contributed by atoms with E-state index in [1.807, 2.05) is 54.6 Å². The highest BCUT2D eigenvalue weighted by molar-refractivity contribution is 5.87. The molecule has 5 heteroatoms. The number of aromatic amines is 1. The maximum Gasteiger partial charge on any atom is 0.146 e. The van der Waals surface area contributed by atoms with E-state index in [4.69, 9.17) is 4.74 Å². The number of nitrogens with zero attached hydrogens (tertiary/aromatic N) is 2. The normalized spacial score (nSPS) is 11.3. The summed E-state index contributed by atoms with van der Waals surface area (Å²) < 4.78 is 5.28. The molecule has 4 aromatic rings. The van der Waals surface area contributed by atoms with E-state index in [0.717, 1.165) is 16.6 Å². The second-order valence-electron chi connectivity index (χ2n) is 5.84. The van der Waals surface area contributed by atoms with Crippen LogP contribution in [0.2, 0.25) is 0 Å². The number of methoxy groups -OCH3 is 1. The number of para-hydroxylation sites is 2. The SMILES string of the molecule is COc1ccccc1N=Nc1ccc(O)c(-c2cc3ccccc3[nH]2)c1. The van der Waals surface area contributed by atoms with Crippen LogP contribution in [0.25, 0.3) is 22.2 Å². The quantitative estimate of drug-likeness (QED) is 0.448. The van der Waals surface area contributed by atoms with Crippen LogP contribution in [0.5, 0.6) is 11.5 Å². The van der Waals surface area contributed by atoms with E-state index in [9.17, 15) is 5.11 Å². The highest BCUT2D eigenvalue weighted by atomic mass is 16.5. The maximum atomic E-state index is 10.3. The van der Waals surface area contributed by atoms with Crippen LogP contribution in [-0.2, 0) is 0 Å². The zero-order valence-electron chi connectivity index (χ0n) is 14.2. The lowest BCUT2D eigenvalue weighted by molar-refractivity contribution is 0.416. The predicted molar refractivity (Wildman–Crippen MR) is 103 cm³/mol. The lowest BCUT2D eigenvalue weighted by atomic mass is 10.1. The van der Waals surface area contributed by atoms with Crippen molar-refractivity contribution in [3.63, 3.8) is 0 Å². The van der Waals surface area contributed by atoms with Gasteiger partial charge in [0.05, 0.1) is 18.5 Å². The molecule has 5 nitrogen and oxygen atoms in total. The summed E-state index contributed by atoms with van der Waals surface area (Å²) in [4.78, 5) is 3.32. The number of fused-ring (bicyclic) bond motifs is 1. The average Bonchev–Trinajstić information content (AvgIpc) is 3.11. The van der Waals surface area contributed by atoms with Gasteiger partial charge in [-0.1, -0.05) is 30.3 Å².